The minimum atomic E-state index is -0.0906. The van der Waals surface area contributed by atoms with Crippen molar-refractivity contribution in [2.75, 3.05) is 26.2 Å². The number of nitrogens with one attached hydrogen (secondary N) is 1. The molecule has 1 N–H and O–H groups in total. The lowest BCUT2D eigenvalue weighted by molar-refractivity contribution is 0.0945. The Hall–Kier alpha value is -2.80. The molecule has 1 aliphatic rings. The smallest absolute Gasteiger partial charge is 0.251 e. The monoisotopic (exact) mass is 350 g/mol. The Balaban J connectivity index is 1.29. The number of tetrazole rings is 1. The Morgan fingerprint density at radius 2 is 2.12 bits per heavy atom. The van der Waals surface area contributed by atoms with Crippen LogP contribution >= 0.6 is 0 Å². The Bertz CT molecular complexity index is 878. The van der Waals surface area contributed by atoms with Gasteiger partial charge in [-0.25, -0.2) is 4.52 Å². The molecule has 0 aliphatic carbocycles. The first kappa shape index (κ1) is 16.7. The number of hydrogen-bond donors (Lipinski definition) is 1. The number of hydrogen-bond acceptors (Lipinski definition) is 5. The number of carbonyl (C=O) groups excluding carboxylic acids is 1. The van der Waals surface area contributed by atoms with Gasteiger partial charge in [-0.2, -0.15) is 0 Å². The zero-order chi connectivity index (χ0) is 17.8. The van der Waals surface area contributed by atoms with Crippen molar-refractivity contribution in [3.05, 3.63) is 59.8 Å². The molecule has 0 saturated carbocycles. The Morgan fingerprint density at radius 1 is 1.23 bits per heavy atom. The molecule has 7 heteroatoms. The van der Waals surface area contributed by atoms with Crippen LogP contribution in [0.5, 0.6) is 0 Å². The van der Waals surface area contributed by atoms with Gasteiger partial charge in [0.25, 0.3) is 5.91 Å². The van der Waals surface area contributed by atoms with E-state index in [0.29, 0.717) is 23.7 Å². The number of carbonyl (C=O) groups is 1. The summed E-state index contributed by atoms with van der Waals surface area (Å²) in [7, 11) is 0. The van der Waals surface area contributed by atoms with Gasteiger partial charge in [0.1, 0.15) is 0 Å². The van der Waals surface area contributed by atoms with E-state index in [0.717, 1.165) is 19.6 Å². The molecule has 134 valence electrons. The number of pyridine rings is 1. The van der Waals surface area contributed by atoms with E-state index >= 15 is 0 Å². The van der Waals surface area contributed by atoms with Crippen LogP contribution < -0.4 is 5.32 Å². The van der Waals surface area contributed by atoms with Crippen LogP contribution in [-0.4, -0.2) is 57.0 Å². The van der Waals surface area contributed by atoms with Crippen molar-refractivity contribution < 1.29 is 4.79 Å². The number of likely N-dealkylation sites (tertiary alicyclic amines) is 1. The van der Waals surface area contributed by atoms with E-state index in [2.05, 4.69) is 56.1 Å². The minimum absolute atomic E-state index is 0.0906. The topological polar surface area (TPSA) is 75.4 Å². The van der Waals surface area contributed by atoms with Crippen LogP contribution in [0.3, 0.4) is 0 Å². The molecule has 1 fully saturated rings. The second kappa shape index (κ2) is 7.61. The van der Waals surface area contributed by atoms with Gasteiger partial charge in [-0.3, -0.25) is 4.79 Å². The zero-order valence-corrected chi connectivity index (χ0v) is 14.6. The average Bonchev–Trinajstić information content (AvgIpc) is 3.17. The van der Waals surface area contributed by atoms with Gasteiger partial charge >= 0.3 is 0 Å². The molecule has 7 nitrogen and oxygen atoms in total. The predicted octanol–water partition coefficient (Wildman–Crippen LogP) is 1.73. The van der Waals surface area contributed by atoms with Crippen molar-refractivity contribution in [2.24, 2.45) is 0 Å². The van der Waals surface area contributed by atoms with Crippen LogP contribution in [0.1, 0.15) is 34.7 Å². The first-order chi connectivity index (χ1) is 12.8. The molecule has 1 atom stereocenters. The fourth-order valence-corrected chi connectivity index (χ4v) is 3.57. The SMILES string of the molecule is O=C(NCCN1CCC[C@@H](c2ccccc2)C1)c1ccn2nnnc2c1. The fourth-order valence-electron chi connectivity index (χ4n) is 3.57. The highest BCUT2D eigenvalue weighted by Crippen LogP contribution is 2.26. The molecule has 0 bridgehead atoms. The van der Waals surface area contributed by atoms with E-state index in [1.807, 2.05) is 0 Å². The average molecular weight is 350 g/mol. The molecule has 3 aromatic rings. The van der Waals surface area contributed by atoms with Gasteiger partial charge in [0.05, 0.1) is 0 Å². The van der Waals surface area contributed by atoms with Crippen LogP contribution in [0.25, 0.3) is 5.65 Å². The molecule has 1 aromatic carbocycles. The molecule has 4 rings (SSSR count). The van der Waals surface area contributed by atoms with Crippen molar-refractivity contribution in [1.82, 2.24) is 30.3 Å². The highest BCUT2D eigenvalue weighted by Gasteiger charge is 2.21. The first-order valence-electron chi connectivity index (χ1n) is 9.03. The molecule has 1 saturated heterocycles. The second-order valence-electron chi connectivity index (χ2n) is 6.70. The van der Waals surface area contributed by atoms with Crippen LogP contribution in [0.2, 0.25) is 0 Å². The number of rotatable bonds is 5. The largest absolute Gasteiger partial charge is 0.351 e. The lowest BCUT2D eigenvalue weighted by atomic mass is 9.91. The number of fused-ring (bicyclic) bond motifs is 1. The molecule has 0 radical (unpaired) electrons. The van der Waals surface area contributed by atoms with Crippen LogP contribution in [-0.2, 0) is 0 Å². The Morgan fingerprint density at radius 3 is 3.00 bits per heavy atom. The van der Waals surface area contributed by atoms with E-state index in [1.165, 1.54) is 22.9 Å². The summed E-state index contributed by atoms with van der Waals surface area (Å²) in [6, 6.07) is 14.1. The Kier molecular flexibility index (Phi) is 4.88. The van der Waals surface area contributed by atoms with E-state index in [1.54, 1.807) is 18.3 Å². The Labute approximate surface area is 152 Å². The predicted molar refractivity (Wildman–Crippen MR) is 98.0 cm³/mol. The molecule has 0 unspecified atom stereocenters. The number of piperidine rings is 1. The van der Waals surface area contributed by atoms with Gasteiger partial charge in [-0.05, 0) is 53.4 Å². The summed E-state index contributed by atoms with van der Waals surface area (Å²) in [6.07, 6.45) is 4.13. The highest BCUT2D eigenvalue weighted by atomic mass is 16.1. The molecule has 26 heavy (non-hydrogen) atoms. The van der Waals surface area contributed by atoms with E-state index in [4.69, 9.17) is 0 Å². The highest BCUT2D eigenvalue weighted by molar-refractivity contribution is 5.94. The molecule has 1 aliphatic heterocycles. The summed E-state index contributed by atoms with van der Waals surface area (Å²) in [5, 5.41) is 14.2. The molecular formula is C19H22N6O. The third-order valence-electron chi connectivity index (χ3n) is 4.95. The first-order valence-corrected chi connectivity index (χ1v) is 9.03. The van der Waals surface area contributed by atoms with Gasteiger partial charge in [0, 0.05) is 31.4 Å². The zero-order valence-electron chi connectivity index (χ0n) is 14.6. The third kappa shape index (κ3) is 3.72. The minimum Gasteiger partial charge on any atom is -0.351 e. The van der Waals surface area contributed by atoms with Gasteiger partial charge in [0.2, 0.25) is 0 Å². The van der Waals surface area contributed by atoms with Crippen LogP contribution in [0, 0.1) is 0 Å². The second-order valence-corrected chi connectivity index (χ2v) is 6.70. The lowest BCUT2D eigenvalue weighted by Crippen LogP contribution is -2.40. The van der Waals surface area contributed by atoms with Gasteiger partial charge in [-0.1, -0.05) is 30.3 Å². The van der Waals surface area contributed by atoms with Gasteiger partial charge in [-0.15, -0.1) is 5.10 Å². The maximum absolute atomic E-state index is 12.3. The number of nitrogens with zero attached hydrogens (tertiary/aromatic N) is 5. The molecular weight excluding hydrogens is 328 g/mol. The van der Waals surface area contributed by atoms with E-state index in [-0.39, 0.29) is 5.91 Å². The fraction of sp³-hybridized carbons (Fsp3) is 0.368. The summed E-state index contributed by atoms with van der Waals surface area (Å²) < 4.78 is 1.54. The summed E-state index contributed by atoms with van der Waals surface area (Å²) in [6.45, 7) is 3.65. The van der Waals surface area contributed by atoms with Gasteiger partial charge in [0.15, 0.2) is 5.65 Å². The van der Waals surface area contributed by atoms with Crippen molar-refractivity contribution in [3.8, 4) is 0 Å². The van der Waals surface area contributed by atoms with Crippen molar-refractivity contribution in [2.45, 2.75) is 18.8 Å². The maximum atomic E-state index is 12.3. The molecule has 3 heterocycles. The van der Waals surface area contributed by atoms with Crippen LogP contribution in [0.15, 0.2) is 48.7 Å². The van der Waals surface area contributed by atoms with Crippen molar-refractivity contribution >= 4 is 11.6 Å². The normalized spacial score (nSPS) is 18.1. The van der Waals surface area contributed by atoms with E-state index < -0.39 is 0 Å². The quantitative estimate of drug-likeness (QED) is 0.758. The van der Waals surface area contributed by atoms with E-state index in [9.17, 15) is 4.79 Å². The summed E-state index contributed by atoms with van der Waals surface area (Å²) >= 11 is 0. The van der Waals surface area contributed by atoms with Crippen molar-refractivity contribution in [3.63, 3.8) is 0 Å². The summed E-state index contributed by atoms with van der Waals surface area (Å²) in [5.41, 5.74) is 2.56. The molecule has 2 aromatic heterocycles. The van der Waals surface area contributed by atoms with Gasteiger partial charge < -0.3 is 10.2 Å². The summed E-state index contributed by atoms with van der Waals surface area (Å²) in [4.78, 5) is 14.8. The number of benzene rings is 1. The lowest BCUT2D eigenvalue weighted by Gasteiger charge is -2.33. The standard InChI is InChI=1S/C19H22N6O/c26-19(16-8-11-25-18(13-16)21-22-23-25)20-9-12-24-10-4-7-17(14-24)15-5-2-1-3-6-15/h1-3,5-6,8,11,13,17H,4,7,9-10,12,14H2,(H,20,26)/t17-/m1/s1. The maximum Gasteiger partial charge on any atom is 0.251 e. The molecule has 0 spiro atoms. The number of aromatic nitrogens is 4. The third-order valence-corrected chi connectivity index (χ3v) is 4.95. The van der Waals surface area contributed by atoms with Crippen molar-refractivity contribution in [1.29, 1.82) is 0 Å². The molecule has 1 amide bonds. The number of amides is 1. The summed E-state index contributed by atoms with van der Waals surface area (Å²) in [5.74, 6) is 0.496. The van der Waals surface area contributed by atoms with Crippen LogP contribution in [0.4, 0.5) is 0 Å².